The van der Waals surface area contributed by atoms with Crippen LogP contribution < -0.4 is 4.74 Å². The van der Waals surface area contributed by atoms with Gasteiger partial charge in [-0.25, -0.2) is 0 Å². The Morgan fingerprint density at radius 3 is 2.75 bits per heavy atom. The number of aromatic nitrogens is 1. The minimum absolute atomic E-state index is 0.00290. The summed E-state index contributed by atoms with van der Waals surface area (Å²) in [5.74, 6) is 0.423. The third-order valence-corrected chi connectivity index (χ3v) is 7.16. The van der Waals surface area contributed by atoms with E-state index in [1.165, 1.54) is 32.1 Å². The number of rotatable bonds is 6. The van der Waals surface area contributed by atoms with Gasteiger partial charge in [-0.05, 0) is 61.3 Å². The fourth-order valence-electron chi connectivity index (χ4n) is 5.27. The lowest BCUT2D eigenvalue weighted by atomic mass is 9.83. The molecule has 32 heavy (non-hydrogen) atoms. The summed E-state index contributed by atoms with van der Waals surface area (Å²) in [5.41, 5.74) is 1.32. The molecule has 1 atom stereocenters. The summed E-state index contributed by atoms with van der Waals surface area (Å²) in [5, 5.41) is 7.13. The molecule has 0 unspecified atom stereocenters. The van der Waals surface area contributed by atoms with Crippen LogP contribution >= 0.6 is 0 Å². The van der Waals surface area contributed by atoms with Crippen LogP contribution in [0, 0.1) is 0 Å². The highest BCUT2D eigenvalue weighted by atomic mass is 16.5. The smallest absolute Gasteiger partial charge is 0.167 e. The van der Waals surface area contributed by atoms with Crippen LogP contribution in [0.5, 0.6) is 5.75 Å². The van der Waals surface area contributed by atoms with E-state index in [0.29, 0.717) is 36.8 Å². The summed E-state index contributed by atoms with van der Waals surface area (Å²) in [7, 11) is 2.20. The fourth-order valence-corrected chi connectivity index (χ4v) is 5.27. The van der Waals surface area contributed by atoms with Gasteiger partial charge < -0.3 is 14.2 Å². The third-order valence-electron chi connectivity index (χ3n) is 7.16. The van der Waals surface area contributed by atoms with E-state index in [2.05, 4.69) is 17.1 Å². The summed E-state index contributed by atoms with van der Waals surface area (Å²) in [6.45, 7) is 1.57. The molecule has 2 aromatic carbocycles. The first-order valence-electron chi connectivity index (χ1n) is 11.8. The van der Waals surface area contributed by atoms with Gasteiger partial charge in [0.15, 0.2) is 5.58 Å². The number of hydrogen-bond acceptors (Lipinski definition) is 6. The second-order valence-corrected chi connectivity index (χ2v) is 9.28. The largest absolute Gasteiger partial charge is 0.492 e. The lowest BCUT2D eigenvalue weighted by molar-refractivity contribution is -0.130. The minimum atomic E-state index is -0.370. The van der Waals surface area contributed by atoms with E-state index in [1.54, 1.807) is 0 Å². The predicted molar refractivity (Wildman–Crippen MR) is 123 cm³/mol. The van der Waals surface area contributed by atoms with Crippen molar-refractivity contribution in [1.82, 2.24) is 10.1 Å². The summed E-state index contributed by atoms with van der Waals surface area (Å²) < 4.78 is 11.6. The molecule has 0 bridgehead atoms. The van der Waals surface area contributed by atoms with Crippen LogP contribution in [0.15, 0.2) is 34.9 Å². The number of carbonyl (C=O) groups excluding carboxylic acids is 2. The number of carbonyl (C=O) groups is 2. The molecule has 2 fully saturated rings. The summed E-state index contributed by atoms with van der Waals surface area (Å²) >= 11 is 0. The molecule has 0 radical (unpaired) electrons. The van der Waals surface area contributed by atoms with Crippen molar-refractivity contribution in [3.05, 3.63) is 36.0 Å². The van der Waals surface area contributed by atoms with Crippen molar-refractivity contribution in [2.75, 3.05) is 20.2 Å². The molecular weight excluding hydrogens is 404 g/mol. The molecule has 0 spiro atoms. The van der Waals surface area contributed by atoms with Gasteiger partial charge in [0.2, 0.25) is 0 Å². The standard InChI is InChI=1S/C26H30N2O4/c1-28(18-5-3-2-4-6-18)13-14-31-20-9-11-21-17(15-20)7-12-24-25(21)26(27-32-24)22-10-8-19(29)16-23(22)30/h7,9,11-12,15,18,22H,2-6,8,10,13-14,16H2,1H3/t22-/m0/s1. The van der Waals surface area contributed by atoms with Crippen molar-refractivity contribution in [2.24, 2.45) is 0 Å². The van der Waals surface area contributed by atoms with Crippen LogP contribution in [0.25, 0.3) is 21.7 Å². The molecule has 0 N–H and O–H groups in total. The van der Waals surface area contributed by atoms with E-state index in [4.69, 9.17) is 9.26 Å². The number of Topliss-reactive ketones (excluding diaryl/α,β-unsaturated/α-hetero) is 2. The number of ether oxygens (including phenoxy) is 1. The van der Waals surface area contributed by atoms with Crippen molar-refractivity contribution >= 4 is 33.3 Å². The van der Waals surface area contributed by atoms with Crippen molar-refractivity contribution in [3.8, 4) is 5.75 Å². The van der Waals surface area contributed by atoms with Crippen LogP contribution in [0.4, 0.5) is 0 Å². The third kappa shape index (κ3) is 4.16. The number of likely N-dealkylation sites (N-methyl/N-ethyl adjacent to an activating group) is 1. The van der Waals surface area contributed by atoms with Gasteiger partial charge in [-0.1, -0.05) is 30.5 Å². The highest BCUT2D eigenvalue weighted by Crippen LogP contribution is 2.37. The Hall–Kier alpha value is -2.73. The molecule has 1 aromatic heterocycles. The zero-order valence-corrected chi connectivity index (χ0v) is 18.6. The normalized spacial score (nSPS) is 20.5. The maximum atomic E-state index is 12.5. The number of hydrogen-bond donors (Lipinski definition) is 0. The second kappa shape index (κ2) is 9.02. The summed E-state index contributed by atoms with van der Waals surface area (Å²) in [4.78, 5) is 26.6. The summed E-state index contributed by atoms with van der Waals surface area (Å²) in [6, 6.07) is 10.6. The van der Waals surface area contributed by atoms with Crippen molar-refractivity contribution < 1.29 is 18.8 Å². The van der Waals surface area contributed by atoms with Gasteiger partial charge in [-0.3, -0.25) is 9.59 Å². The van der Waals surface area contributed by atoms with Crippen LogP contribution in [0.2, 0.25) is 0 Å². The Bertz CT molecular complexity index is 1150. The van der Waals surface area contributed by atoms with Crippen LogP contribution in [0.3, 0.4) is 0 Å². The van der Waals surface area contributed by atoms with Crippen molar-refractivity contribution in [1.29, 1.82) is 0 Å². The lowest BCUT2D eigenvalue weighted by Gasteiger charge is -2.31. The van der Waals surface area contributed by atoms with Crippen LogP contribution in [0.1, 0.15) is 63.0 Å². The van der Waals surface area contributed by atoms with E-state index >= 15 is 0 Å². The molecule has 5 rings (SSSR count). The molecule has 2 aliphatic carbocycles. The van der Waals surface area contributed by atoms with Gasteiger partial charge >= 0.3 is 0 Å². The minimum Gasteiger partial charge on any atom is -0.492 e. The molecular formula is C26H30N2O4. The molecule has 0 saturated heterocycles. The van der Waals surface area contributed by atoms with Gasteiger partial charge in [-0.15, -0.1) is 0 Å². The van der Waals surface area contributed by atoms with E-state index in [1.807, 2.05) is 30.3 Å². The van der Waals surface area contributed by atoms with Gasteiger partial charge in [0.05, 0.1) is 17.7 Å². The Kier molecular flexibility index (Phi) is 5.96. The van der Waals surface area contributed by atoms with E-state index < -0.39 is 0 Å². The molecule has 0 aliphatic heterocycles. The van der Waals surface area contributed by atoms with Crippen LogP contribution in [-0.2, 0) is 9.59 Å². The monoisotopic (exact) mass is 434 g/mol. The zero-order chi connectivity index (χ0) is 22.1. The van der Waals surface area contributed by atoms with E-state index in [9.17, 15) is 9.59 Å². The first kappa shape index (κ1) is 21.1. The van der Waals surface area contributed by atoms with Gasteiger partial charge in [-0.2, -0.15) is 0 Å². The highest BCUT2D eigenvalue weighted by Gasteiger charge is 2.32. The first-order valence-corrected chi connectivity index (χ1v) is 11.8. The molecule has 2 saturated carbocycles. The predicted octanol–water partition coefficient (Wildman–Crippen LogP) is 5.03. The maximum Gasteiger partial charge on any atom is 0.167 e. The van der Waals surface area contributed by atoms with Crippen molar-refractivity contribution in [3.63, 3.8) is 0 Å². The zero-order valence-electron chi connectivity index (χ0n) is 18.6. The Balaban J connectivity index is 1.34. The Labute approximate surface area is 187 Å². The maximum absolute atomic E-state index is 12.5. The molecule has 6 heteroatoms. The quantitative estimate of drug-likeness (QED) is 0.507. The molecule has 168 valence electrons. The topological polar surface area (TPSA) is 72.6 Å². The number of ketones is 2. The lowest BCUT2D eigenvalue weighted by Crippen LogP contribution is -2.36. The van der Waals surface area contributed by atoms with Crippen LogP contribution in [-0.4, -0.2) is 47.9 Å². The average Bonchev–Trinajstić information content (AvgIpc) is 3.24. The van der Waals surface area contributed by atoms with E-state index in [0.717, 1.165) is 28.5 Å². The average molecular weight is 435 g/mol. The van der Waals surface area contributed by atoms with Crippen molar-refractivity contribution in [2.45, 2.75) is 63.3 Å². The van der Waals surface area contributed by atoms with E-state index in [-0.39, 0.29) is 23.9 Å². The fraction of sp³-hybridized carbons (Fsp3) is 0.500. The number of benzene rings is 2. The molecule has 6 nitrogen and oxygen atoms in total. The molecule has 1 heterocycles. The summed E-state index contributed by atoms with van der Waals surface area (Å²) in [6.07, 6.45) is 7.55. The molecule has 2 aliphatic rings. The Morgan fingerprint density at radius 2 is 1.94 bits per heavy atom. The van der Waals surface area contributed by atoms with Gasteiger partial charge in [0.25, 0.3) is 0 Å². The number of nitrogens with zero attached hydrogens (tertiary/aromatic N) is 2. The molecule has 0 amide bonds. The SMILES string of the molecule is CN(CCOc1ccc2c(ccc3onc([C@H]4CCC(=O)CC4=O)c32)c1)C1CCCCC1. The van der Waals surface area contributed by atoms with Gasteiger partial charge in [0.1, 0.15) is 29.6 Å². The first-order chi connectivity index (χ1) is 15.6. The second-order valence-electron chi connectivity index (χ2n) is 9.28. The van der Waals surface area contributed by atoms with Gasteiger partial charge in [0, 0.05) is 19.0 Å². The Morgan fingerprint density at radius 1 is 1.09 bits per heavy atom. The molecule has 3 aromatic rings. The highest BCUT2D eigenvalue weighted by molar-refractivity contribution is 6.11. The number of fused-ring (bicyclic) bond motifs is 3.